The molecule has 0 aromatic carbocycles. The van der Waals surface area contributed by atoms with Crippen LogP contribution in [0.15, 0.2) is 36.5 Å². The van der Waals surface area contributed by atoms with E-state index in [0.717, 1.165) is 6.42 Å². The minimum absolute atomic E-state index is 0.186. The molecule has 3 atom stereocenters. The van der Waals surface area contributed by atoms with Crippen molar-refractivity contribution in [1.29, 1.82) is 0 Å². The molecular formula is C14H20O4. The van der Waals surface area contributed by atoms with E-state index >= 15 is 0 Å². The van der Waals surface area contributed by atoms with E-state index < -0.39 is 18.2 Å². The molecule has 0 saturated carbocycles. The predicted octanol–water partition coefficient (Wildman–Crippen LogP) is 1.49. The number of aliphatic hydroxyl groups is 2. The number of cyclic esters (lactones) is 1. The largest absolute Gasteiger partial charge is 0.460 e. The zero-order valence-corrected chi connectivity index (χ0v) is 10.5. The SMILES string of the molecule is C[C@H]1CCC[C@@H](O)/C=C/C=C\[C@@H](O)/C=C/C(=O)O1. The maximum absolute atomic E-state index is 11.4. The van der Waals surface area contributed by atoms with Gasteiger partial charge >= 0.3 is 5.97 Å². The summed E-state index contributed by atoms with van der Waals surface area (Å²) in [6.45, 7) is 1.82. The molecule has 4 nitrogen and oxygen atoms in total. The Kier molecular flexibility index (Phi) is 6.39. The predicted molar refractivity (Wildman–Crippen MR) is 68.8 cm³/mol. The first-order chi connectivity index (χ1) is 8.58. The molecule has 0 fully saturated rings. The van der Waals surface area contributed by atoms with E-state index in [1.807, 2.05) is 6.92 Å². The maximum Gasteiger partial charge on any atom is 0.330 e. The molecular weight excluding hydrogens is 232 g/mol. The summed E-state index contributed by atoms with van der Waals surface area (Å²) in [5, 5.41) is 19.1. The Morgan fingerprint density at radius 2 is 1.89 bits per heavy atom. The van der Waals surface area contributed by atoms with E-state index in [4.69, 9.17) is 4.74 Å². The first kappa shape index (κ1) is 14.7. The van der Waals surface area contributed by atoms with E-state index in [2.05, 4.69) is 0 Å². The van der Waals surface area contributed by atoms with Gasteiger partial charge in [-0.25, -0.2) is 4.79 Å². The van der Waals surface area contributed by atoms with E-state index in [9.17, 15) is 15.0 Å². The second kappa shape index (κ2) is 7.84. The third kappa shape index (κ3) is 6.37. The highest BCUT2D eigenvalue weighted by molar-refractivity contribution is 5.82. The van der Waals surface area contributed by atoms with Crippen LogP contribution in [0.25, 0.3) is 0 Å². The van der Waals surface area contributed by atoms with Crippen molar-refractivity contribution in [2.24, 2.45) is 0 Å². The van der Waals surface area contributed by atoms with Crippen LogP contribution < -0.4 is 0 Å². The Morgan fingerprint density at radius 1 is 1.17 bits per heavy atom. The Balaban J connectivity index is 2.68. The van der Waals surface area contributed by atoms with Crippen LogP contribution in [0.3, 0.4) is 0 Å². The van der Waals surface area contributed by atoms with Crippen LogP contribution in [-0.2, 0) is 9.53 Å². The molecule has 0 saturated heterocycles. The zero-order valence-electron chi connectivity index (χ0n) is 10.5. The molecule has 4 heteroatoms. The maximum atomic E-state index is 11.4. The van der Waals surface area contributed by atoms with Crippen molar-refractivity contribution in [2.45, 2.75) is 44.5 Å². The summed E-state index contributed by atoms with van der Waals surface area (Å²) in [6, 6.07) is 0. The van der Waals surface area contributed by atoms with Crippen LogP contribution >= 0.6 is 0 Å². The van der Waals surface area contributed by atoms with Crippen LogP contribution in [-0.4, -0.2) is 34.5 Å². The van der Waals surface area contributed by atoms with Crippen molar-refractivity contribution in [2.75, 3.05) is 0 Å². The van der Waals surface area contributed by atoms with Crippen molar-refractivity contribution in [1.82, 2.24) is 0 Å². The number of rotatable bonds is 0. The fourth-order valence-electron chi connectivity index (χ4n) is 1.62. The lowest BCUT2D eigenvalue weighted by Gasteiger charge is -2.13. The van der Waals surface area contributed by atoms with Crippen LogP contribution in [0.4, 0.5) is 0 Å². The second-order valence-corrected chi connectivity index (χ2v) is 4.37. The fraction of sp³-hybridized carbons (Fsp3) is 0.500. The van der Waals surface area contributed by atoms with Gasteiger partial charge in [0.1, 0.15) is 0 Å². The average molecular weight is 252 g/mol. The second-order valence-electron chi connectivity index (χ2n) is 4.37. The summed E-state index contributed by atoms with van der Waals surface area (Å²) >= 11 is 0. The lowest BCUT2D eigenvalue weighted by Crippen LogP contribution is -2.14. The molecule has 1 aliphatic rings. The van der Waals surface area contributed by atoms with E-state index in [1.54, 1.807) is 18.2 Å². The van der Waals surface area contributed by atoms with Gasteiger partial charge in [-0.1, -0.05) is 24.3 Å². The molecule has 1 heterocycles. The van der Waals surface area contributed by atoms with Crippen LogP contribution in [0.1, 0.15) is 26.2 Å². The average Bonchev–Trinajstić information content (AvgIpc) is 2.31. The third-order valence-corrected chi connectivity index (χ3v) is 2.61. The molecule has 0 amide bonds. The summed E-state index contributed by atoms with van der Waals surface area (Å²) in [7, 11) is 0. The molecule has 0 aromatic heterocycles. The van der Waals surface area contributed by atoms with E-state index in [0.29, 0.717) is 12.8 Å². The Bertz CT molecular complexity index is 344. The minimum Gasteiger partial charge on any atom is -0.460 e. The van der Waals surface area contributed by atoms with Gasteiger partial charge in [0.05, 0.1) is 18.3 Å². The lowest BCUT2D eigenvalue weighted by atomic mass is 10.1. The summed E-state index contributed by atoms with van der Waals surface area (Å²) in [4.78, 5) is 11.4. The van der Waals surface area contributed by atoms with E-state index in [1.165, 1.54) is 18.2 Å². The van der Waals surface area contributed by atoms with Crippen molar-refractivity contribution in [3.05, 3.63) is 36.5 Å². The highest BCUT2D eigenvalue weighted by Gasteiger charge is 2.08. The van der Waals surface area contributed by atoms with Crippen molar-refractivity contribution >= 4 is 5.97 Å². The minimum atomic E-state index is -0.836. The monoisotopic (exact) mass is 252 g/mol. The number of allylic oxidation sites excluding steroid dienone is 2. The quantitative estimate of drug-likeness (QED) is 0.641. The normalized spacial score (nSPS) is 36.2. The summed E-state index contributed by atoms with van der Waals surface area (Å²) in [5.74, 6) is -0.455. The Morgan fingerprint density at radius 3 is 2.67 bits per heavy atom. The van der Waals surface area contributed by atoms with E-state index in [-0.39, 0.29) is 6.10 Å². The van der Waals surface area contributed by atoms with Gasteiger partial charge in [-0.2, -0.15) is 0 Å². The first-order valence-electron chi connectivity index (χ1n) is 6.18. The van der Waals surface area contributed by atoms with Gasteiger partial charge in [0, 0.05) is 6.08 Å². The molecule has 0 spiro atoms. The van der Waals surface area contributed by atoms with Gasteiger partial charge in [-0.05, 0) is 32.3 Å². The lowest BCUT2D eigenvalue weighted by molar-refractivity contribution is -0.142. The molecule has 1 aliphatic heterocycles. The third-order valence-electron chi connectivity index (χ3n) is 2.61. The fourth-order valence-corrected chi connectivity index (χ4v) is 1.62. The molecule has 0 bridgehead atoms. The number of carbonyl (C=O) groups is 1. The van der Waals surface area contributed by atoms with Gasteiger partial charge in [0.25, 0.3) is 0 Å². The first-order valence-corrected chi connectivity index (χ1v) is 6.18. The number of hydrogen-bond donors (Lipinski definition) is 2. The molecule has 2 N–H and O–H groups in total. The standard InChI is InChI=1S/C14H20O4/c1-11-5-4-8-12(15)6-2-3-7-13(16)9-10-14(17)18-11/h2-3,6-7,9-13,15-16H,4-5,8H2,1H3/b6-2+,7-3-,10-9+/t11-,12-,13+/m0/s1. The summed E-state index contributed by atoms with van der Waals surface area (Å²) in [5.41, 5.74) is 0. The number of esters is 1. The molecule has 1 rings (SSSR count). The topological polar surface area (TPSA) is 66.8 Å². The smallest absolute Gasteiger partial charge is 0.330 e. The van der Waals surface area contributed by atoms with Gasteiger partial charge < -0.3 is 14.9 Å². The highest BCUT2D eigenvalue weighted by atomic mass is 16.5. The zero-order chi connectivity index (χ0) is 13.4. The van der Waals surface area contributed by atoms with Gasteiger partial charge in [-0.15, -0.1) is 0 Å². The summed E-state index contributed by atoms with van der Waals surface area (Å²) in [6.07, 6.45) is 9.71. The number of aliphatic hydroxyl groups excluding tert-OH is 2. The number of carbonyl (C=O) groups excluding carboxylic acids is 1. The van der Waals surface area contributed by atoms with Crippen molar-refractivity contribution in [3.63, 3.8) is 0 Å². The molecule has 0 aliphatic carbocycles. The molecule has 0 unspecified atom stereocenters. The molecule has 0 aromatic rings. The number of hydrogen-bond acceptors (Lipinski definition) is 4. The molecule has 0 radical (unpaired) electrons. The summed E-state index contributed by atoms with van der Waals surface area (Å²) < 4.78 is 5.12. The molecule has 100 valence electrons. The Hall–Kier alpha value is -1.39. The van der Waals surface area contributed by atoms with Gasteiger partial charge in [-0.3, -0.25) is 0 Å². The van der Waals surface area contributed by atoms with Gasteiger partial charge in [0.2, 0.25) is 0 Å². The van der Waals surface area contributed by atoms with Crippen LogP contribution in [0.2, 0.25) is 0 Å². The van der Waals surface area contributed by atoms with Gasteiger partial charge in [0.15, 0.2) is 0 Å². The highest BCUT2D eigenvalue weighted by Crippen LogP contribution is 2.09. The van der Waals surface area contributed by atoms with Crippen LogP contribution in [0, 0.1) is 0 Å². The Labute approximate surface area is 107 Å². The van der Waals surface area contributed by atoms with Crippen molar-refractivity contribution < 1.29 is 19.7 Å². The van der Waals surface area contributed by atoms with Crippen molar-refractivity contribution in [3.8, 4) is 0 Å². The van der Waals surface area contributed by atoms with Crippen LogP contribution in [0.5, 0.6) is 0 Å². The number of ether oxygens (including phenoxy) is 1. The molecule has 18 heavy (non-hydrogen) atoms.